The molecule has 0 bridgehead atoms. The molecule has 0 saturated carbocycles. The SMILES string of the molecule is [N-]=[N+]=NCC(O)C(O)c1ccc(C(=O)CC(=O)C(F)(F)F)cc1. The van der Waals surface area contributed by atoms with Crippen molar-refractivity contribution in [1.29, 1.82) is 0 Å². The minimum absolute atomic E-state index is 0.136. The summed E-state index contributed by atoms with van der Waals surface area (Å²) in [6.07, 6.45) is -9.15. The predicted molar refractivity (Wildman–Crippen MR) is 71.4 cm³/mol. The zero-order valence-electron chi connectivity index (χ0n) is 11.6. The summed E-state index contributed by atoms with van der Waals surface area (Å²) in [5, 5.41) is 22.4. The van der Waals surface area contributed by atoms with Gasteiger partial charge in [-0.2, -0.15) is 13.2 Å². The summed E-state index contributed by atoms with van der Waals surface area (Å²) < 4.78 is 36.3. The largest absolute Gasteiger partial charge is 0.450 e. The number of carbonyl (C=O) groups is 2. The number of azide groups is 1. The standard InChI is InChI=1S/C13H12F3N3O4/c14-13(15,16)11(22)5-9(20)7-1-3-8(4-2-7)12(23)10(21)6-18-19-17/h1-4,10,12,21,23H,5-6H2. The number of hydrogen-bond donors (Lipinski definition) is 2. The number of benzene rings is 1. The first kappa shape index (κ1) is 18.6. The van der Waals surface area contributed by atoms with E-state index < -0.39 is 36.4 Å². The minimum Gasteiger partial charge on any atom is -0.390 e. The molecular formula is C13H12F3N3O4. The van der Waals surface area contributed by atoms with Crippen LogP contribution in [-0.2, 0) is 4.79 Å². The van der Waals surface area contributed by atoms with Crippen LogP contribution in [0.25, 0.3) is 10.4 Å². The summed E-state index contributed by atoms with van der Waals surface area (Å²) in [5.41, 5.74) is 8.15. The van der Waals surface area contributed by atoms with E-state index in [0.717, 1.165) is 12.1 Å². The molecule has 23 heavy (non-hydrogen) atoms. The molecule has 0 radical (unpaired) electrons. The van der Waals surface area contributed by atoms with Gasteiger partial charge in [-0.25, -0.2) is 0 Å². The molecule has 0 heterocycles. The Kier molecular flexibility index (Phi) is 6.26. The second kappa shape index (κ2) is 7.73. The summed E-state index contributed by atoms with van der Waals surface area (Å²) in [5.74, 6) is -3.15. The van der Waals surface area contributed by atoms with Crippen molar-refractivity contribution in [2.45, 2.75) is 24.8 Å². The third kappa shape index (κ3) is 5.37. The Morgan fingerprint density at radius 2 is 1.78 bits per heavy atom. The molecule has 0 aromatic heterocycles. The maximum atomic E-state index is 12.1. The van der Waals surface area contributed by atoms with E-state index >= 15 is 0 Å². The molecule has 0 saturated heterocycles. The molecule has 7 nitrogen and oxygen atoms in total. The van der Waals surface area contributed by atoms with Crippen molar-refractivity contribution in [3.63, 3.8) is 0 Å². The first-order valence-electron chi connectivity index (χ1n) is 6.27. The molecular weight excluding hydrogens is 319 g/mol. The Bertz CT molecular complexity index is 624. The van der Waals surface area contributed by atoms with Crippen molar-refractivity contribution < 1.29 is 33.0 Å². The van der Waals surface area contributed by atoms with Crippen molar-refractivity contribution in [1.82, 2.24) is 0 Å². The quantitative estimate of drug-likeness (QED) is 0.261. The lowest BCUT2D eigenvalue weighted by Crippen LogP contribution is -2.25. The minimum atomic E-state index is -5.07. The van der Waals surface area contributed by atoms with Crippen molar-refractivity contribution in [3.05, 3.63) is 45.8 Å². The lowest BCUT2D eigenvalue weighted by atomic mass is 10.00. The van der Waals surface area contributed by atoms with Gasteiger partial charge in [-0.05, 0) is 11.1 Å². The maximum absolute atomic E-state index is 12.1. The second-order valence-electron chi connectivity index (χ2n) is 4.57. The molecule has 1 aromatic rings. The molecule has 0 amide bonds. The number of carbonyl (C=O) groups excluding carboxylic acids is 2. The molecule has 0 aliphatic heterocycles. The molecule has 2 atom stereocenters. The molecule has 1 aromatic carbocycles. The van der Waals surface area contributed by atoms with Gasteiger partial charge in [0.1, 0.15) is 6.10 Å². The van der Waals surface area contributed by atoms with Crippen molar-refractivity contribution >= 4 is 11.6 Å². The van der Waals surface area contributed by atoms with Gasteiger partial charge in [-0.15, -0.1) is 0 Å². The van der Waals surface area contributed by atoms with Crippen molar-refractivity contribution in [2.24, 2.45) is 5.11 Å². The average molecular weight is 331 g/mol. The Labute approximate surface area is 128 Å². The van der Waals surface area contributed by atoms with E-state index in [1.54, 1.807) is 0 Å². The van der Waals surface area contributed by atoms with Gasteiger partial charge in [-0.1, -0.05) is 29.4 Å². The van der Waals surface area contributed by atoms with Crippen LogP contribution in [-0.4, -0.2) is 40.6 Å². The highest BCUT2D eigenvalue weighted by Crippen LogP contribution is 2.21. The second-order valence-corrected chi connectivity index (χ2v) is 4.57. The number of hydrogen-bond acceptors (Lipinski definition) is 5. The van der Waals surface area contributed by atoms with E-state index in [-0.39, 0.29) is 17.7 Å². The normalized spacial score (nSPS) is 13.8. The van der Waals surface area contributed by atoms with Crippen LogP contribution in [0.5, 0.6) is 0 Å². The van der Waals surface area contributed by atoms with E-state index in [9.17, 15) is 33.0 Å². The molecule has 2 N–H and O–H groups in total. The fraction of sp³-hybridized carbons (Fsp3) is 0.385. The zero-order chi connectivity index (χ0) is 17.6. The van der Waals surface area contributed by atoms with Crippen LogP contribution < -0.4 is 0 Å². The van der Waals surface area contributed by atoms with E-state index in [0.29, 0.717) is 0 Å². The molecule has 124 valence electrons. The molecule has 2 unspecified atom stereocenters. The highest BCUT2D eigenvalue weighted by atomic mass is 19.4. The molecule has 0 aliphatic rings. The third-order valence-corrected chi connectivity index (χ3v) is 2.91. The van der Waals surface area contributed by atoms with Crippen LogP contribution in [0.1, 0.15) is 28.4 Å². The summed E-state index contributed by atoms with van der Waals surface area (Å²) in [6.45, 7) is -0.377. The number of ketones is 2. The monoisotopic (exact) mass is 331 g/mol. The van der Waals surface area contributed by atoms with Crippen LogP contribution in [0, 0.1) is 0 Å². The number of aliphatic hydroxyl groups excluding tert-OH is 2. The lowest BCUT2D eigenvalue weighted by molar-refractivity contribution is -0.170. The molecule has 0 fully saturated rings. The van der Waals surface area contributed by atoms with E-state index in [2.05, 4.69) is 10.0 Å². The zero-order valence-corrected chi connectivity index (χ0v) is 11.6. The van der Waals surface area contributed by atoms with E-state index in [1.165, 1.54) is 12.1 Å². The topological polar surface area (TPSA) is 123 Å². The highest BCUT2D eigenvalue weighted by Gasteiger charge is 2.39. The first-order chi connectivity index (χ1) is 10.7. The molecule has 10 heteroatoms. The van der Waals surface area contributed by atoms with Gasteiger partial charge < -0.3 is 10.2 Å². The average Bonchev–Trinajstić information content (AvgIpc) is 2.50. The Morgan fingerprint density at radius 3 is 2.26 bits per heavy atom. The van der Waals surface area contributed by atoms with E-state index in [1.807, 2.05) is 0 Å². The van der Waals surface area contributed by atoms with Crippen LogP contribution in [0.2, 0.25) is 0 Å². The lowest BCUT2D eigenvalue weighted by Gasteiger charge is -2.16. The fourth-order valence-electron chi connectivity index (χ4n) is 1.66. The number of alkyl halides is 3. The predicted octanol–water partition coefficient (Wildman–Crippen LogP) is 2.10. The Morgan fingerprint density at radius 1 is 1.22 bits per heavy atom. The molecule has 1 rings (SSSR count). The molecule has 0 aliphatic carbocycles. The van der Waals surface area contributed by atoms with Crippen LogP contribution >= 0.6 is 0 Å². The van der Waals surface area contributed by atoms with Gasteiger partial charge >= 0.3 is 6.18 Å². The van der Waals surface area contributed by atoms with Gasteiger partial charge in [0.05, 0.1) is 19.1 Å². The Balaban J connectivity index is 2.78. The van der Waals surface area contributed by atoms with E-state index in [4.69, 9.17) is 5.53 Å². The van der Waals surface area contributed by atoms with Crippen molar-refractivity contribution in [3.8, 4) is 0 Å². The van der Waals surface area contributed by atoms with Gasteiger partial charge in [0.25, 0.3) is 0 Å². The van der Waals surface area contributed by atoms with Crippen LogP contribution in [0.4, 0.5) is 13.2 Å². The van der Waals surface area contributed by atoms with Gasteiger partial charge in [0, 0.05) is 10.5 Å². The first-order valence-corrected chi connectivity index (χ1v) is 6.27. The summed E-state index contributed by atoms with van der Waals surface area (Å²) in [7, 11) is 0. The summed E-state index contributed by atoms with van der Waals surface area (Å²) in [6, 6.07) is 4.69. The number of nitrogens with zero attached hydrogens (tertiary/aromatic N) is 3. The number of Topliss-reactive ketones (excluding diaryl/α,β-unsaturated/α-hetero) is 2. The van der Waals surface area contributed by atoms with Gasteiger partial charge in [-0.3, -0.25) is 9.59 Å². The third-order valence-electron chi connectivity index (χ3n) is 2.91. The van der Waals surface area contributed by atoms with Crippen LogP contribution in [0.15, 0.2) is 29.4 Å². The van der Waals surface area contributed by atoms with Gasteiger partial charge in [0.2, 0.25) is 5.78 Å². The maximum Gasteiger partial charge on any atom is 0.450 e. The number of aliphatic hydroxyl groups is 2. The number of halogens is 3. The van der Waals surface area contributed by atoms with Crippen molar-refractivity contribution in [2.75, 3.05) is 6.54 Å². The smallest absolute Gasteiger partial charge is 0.390 e. The van der Waals surface area contributed by atoms with Gasteiger partial charge in [0.15, 0.2) is 5.78 Å². The highest BCUT2D eigenvalue weighted by molar-refractivity contribution is 6.09. The summed E-state index contributed by atoms with van der Waals surface area (Å²) in [4.78, 5) is 24.7. The van der Waals surface area contributed by atoms with Crippen LogP contribution in [0.3, 0.4) is 0 Å². The summed E-state index contributed by atoms with van der Waals surface area (Å²) >= 11 is 0. The molecule has 0 spiro atoms. The number of rotatable bonds is 7. The Hall–Kier alpha value is -2.42. The fourth-order valence-corrected chi connectivity index (χ4v) is 1.66.